The zero-order valence-corrected chi connectivity index (χ0v) is 10.9. The number of nitrogens with one attached hydrogen (secondary N) is 1. The summed E-state index contributed by atoms with van der Waals surface area (Å²) in [4.78, 5) is 12.8. The number of rotatable bonds is 7. The highest BCUT2D eigenvalue weighted by molar-refractivity contribution is 7.96. The SMILES string of the molecule is [B]C(NC(=O)S)C(CCN([B])C1CC1)C1CC1. The summed E-state index contributed by atoms with van der Waals surface area (Å²) in [6.45, 7) is 0.863. The van der Waals surface area contributed by atoms with E-state index in [1.165, 1.54) is 25.7 Å². The highest BCUT2D eigenvalue weighted by Gasteiger charge is 2.35. The molecule has 2 atom stereocenters. The number of amides is 1. The molecule has 0 saturated heterocycles. The van der Waals surface area contributed by atoms with Gasteiger partial charge in [-0.25, -0.2) is 0 Å². The molecule has 3 nitrogen and oxygen atoms in total. The van der Waals surface area contributed by atoms with Crippen LogP contribution in [0.15, 0.2) is 0 Å². The highest BCUT2D eigenvalue weighted by Crippen LogP contribution is 2.40. The zero-order valence-electron chi connectivity index (χ0n) is 10.0. The van der Waals surface area contributed by atoms with Crippen molar-refractivity contribution in [1.82, 2.24) is 10.1 Å². The first-order valence-electron chi connectivity index (χ1n) is 6.34. The van der Waals surface area contributed by atoms with Gasteiger partial charge in [0.2, 0.25) is 0 Å². The van der Waals surface area contributed by atoms with Crippen LogP contribution >= 0.6 is 12.6 Å². The zero-order chi connectivity index (χ0) is 12.4. The first-order valence-corrected chi connectivity index (χ1v) is 6.79. The minimum atomic E-state index is -0.352. The molecule has 1 amide bonds. The maximum absolute atomic E-state index is 10.9. The fraction of sp³-hybridized carbons (Fsp3) is 0.909. The molecular formula is C11H18B2N2OS. The number of thiol groups is 1. The normalized spacial score (nSPS) is 23.4. The summed E-state index contributed by atoms with van der Waals surface area (Å²) in [5.41, 5.74) is 0. The van der Waals surface area contributed by atoms with E-state index < -0.39 is 0 Å². The number of hydrogen-bond acceptors (Lipinski definition) is 2. The number of carbonyl (C=O) groups is 1. The lowest BCUT2D eigenvalue weighted by Crippen LogP contribution is -2.40. The van der Waals surface area contributed by atoms with E-state index in [2.05, 4.69) is 17.9 Å². The lowest BCUT2D eigenvalue weighted by molar-refractivity contribution is 0.253. The Hall–Kier alpha value is -0.0901. The van der Waals surface area contributed by atoms with Crippen LogP contribution in [0.25, 0.3) is 0 Å². The van der Waals surface area contributed by atoms with Gasteiger partial charge in [0.15, 0.2) is 7.98 Å². The predicted octanol–water partition coefficient (Wildman–Crippen LogP) is 1.08. The van der Waals surface area contributed by atoms with Crippen molar-refractivity contribution in [3.63, 3.8) is 0 Å². The monoisotopic (exact) mass is 248 g/mol. The molecule has 0 aromatic rings. The van der Waals surface area contributed by atoms with Gasteiger partial charge in [0, 0.05) is 0 Å². The van der Waals surface area contributed by atoms with Crippen LogP contribution in [0.1, 0.15) is 32.1 Å². The number of hydrogen-bond donors (Lipinski definition) is 2. The Morgan fingerprint density at radius 3 is 2.53 bits per heavy atom. The Labute approximate surface area is 111 Å². The molecular weight excluding hydrogens is 230 g/mol. The third-order valence-corrected chi connectivity index (χ3v) is 3.84. The molecule has 0 spiro atoms. The van der Waals surface area contributed by atoms with Crippen molar-refractivity contribution >= 4 is 33.7 Å². The molecule has 1 N–H and O–H groups in total. The second kappa shape index (κ2) is 5.70. The van der Waals surface area contributed by atoms with E-state index in [-0.39, 0.29) is 11.2 Å². The van der Waals surface area contributed by atoms with E-state index in [1.807, 2.05) is 4.81 Å². The van der Waals surface area contributed by atoms with Gasteiger partial charge in [-0.3, -0.25) is 4.79 Å². The van der Waals surface area contributed by atoms with Crippen LogP contribution in [-0.4, -0.2) is 44.4 Å². The Morgan fingerprint density at radius 1 is 1.41 bits per heavy atom. The molecule has 0 aromatic heterocycles. The van der Waals surface area contributed by atoms with Gasteiger partial charge in [0.1, 0.15) is 0 Å². The maximum Gasteiger partial charge on any atom is 0.275 e. The van der Waals surface area contributed by atoms with E-state index in [0.717, 1.165) is 13.0 Å². The molecule has 2 unspecified atom stereocenters. The van der Waals surface area contributed by atoms with Gasteiger partial charge in [-0.1, -0.05) is 12.6 Å². The first-order chi connectivity index (χ1) is 8.08. The van der Waals surface area contributed by atoms with Crippen LogP contribution in [0.5, 0.6) is 0 Å². The highest BCUT2D eigenvalue weighted by atomic mass is 32.1. The average Bonchev–Trinajstić information content (AvgIpc) is 3.10. The van der Waals surface area contributed by atoms with Crippen LogP contribution in [0.3, 0.4) is 0 Å². The number of nitrogens with zero attached hydrogens (tertiary/aromatic N) is 1. The van der Waals surface area contributed by atoms with Gasteiger partial charge in [-0.2, -0.15) is 0 Å². The summed E-state index contributed by atoms with van der Waals surface area (Å²) in [5.74, 6) is 0.689. The summed E-state index contributed by atoms with van der Waals surface area (Å²) in [7, 11) is 11.9. The second-order valence-corrected chi connectivity index (χ2v) is 5.64. The lowest BCUT2D eigenvalue weighted by atomic mass is 9.78. The molecule has 4 radical (unpaired) electrons. The average molecular weight is 248 g/mol. The summed E-state index contributed by atoms with van der Waals surface area (Å²) in [6.07, 6.45) is 5.81. The first kappa shape index (κ1) is 13.3. The van der Waals surface area contributed by atoms with Crippen LogP contribution in [-0.2, 0) is 0 Å². The van der Waals surface area contributed by atoms with E-state index in [1.54, 1.807) is 0 Å². The molecule has 2 saturated carbocycles. The van der Waals surface area contributed by atoms with Crippen molar-refractivity contribution in [2.45, 2.75) is 44.1 Å². The summed E-state index contributed by atoms with van der Waals surface area (Å²) >= 11 is 3.71. The lowest BCUT2D eigenvalue weighted by Gasteiger charge is -2.27. The Bertz CT molecular complexity index is 285. The molecule has 0 bridgehead atoms. The molecule has 2 rings (SSSR count). The minimum absolute atomic E-state index is 0.292. The van der Waals surface area contributed by atoms with Gasteiger partial charge in [0.25, 0.3) is 5.24 Å². The second-order valence-electron chi connectivity index (χ2n) is 5.23. The standard InChI is InChI=1S/C11H18B2N2OS/c12-10(14-11(16)17)9(7-1-2-7)5-6-15(13)8-3-4-8/h7-10H,1-6H2,(H2,14,16,17). The van der Waals surface area contributed by atoms with Crippen molar-refractivity contribution in [1.29, 1.82) is 0 Å². The van der Waals surface area contributed by atoms with Gasteiger partial charge in [0.05, 0.1) is 7.85 Å². The Kier molecular flexibility index (Phi) is 4.47. The molecule has 2 aliphatic carbocycles. The van der Waals surface area contributed by atoms with Crippen LogP contribution in [0.4, 0.5) is 4.79 Å². The van der Waals surface area contributed by atoms with Crippen molar-refractivity contribution in [2.75, 3.05) is 6.54 Å². The fourth-order valence-corrected chi connectivity index (χ4v) is 2.52. The number of carbonyl (C=O) groups excluding carboxylic acids is 1. The van der Waals surface area contributed by atoms with Crippen LogP contribution < -0.4 is 5.32 Å². The Balaban J connectivity index is 1.77. The largest absolute Gasteiger partial charge is 0.353 e. The third kappa shape index (κ3) is 4.25. The van der Waals surface area contributed by atoms with Crippen molar-refractivity contribution in [3.8, 4) is 0 Å². The van der Waals surface area contributed by atoms with E-state index in [9.17, 15) is 4.79 Å². The summed E-state index contributed by atoms with van der Waals surface area (Å²) in [6, 6.07) is 0.575. The van der Waals surface area contributed by atoms with Gasteiger partial charge in [-0.15, -0.1) is 0 Å². The van der Waals surface area contributed by atoms with Crippen LogP contribution in [0.2, 0.25) is 0 Å². The third-order valence-electron chi connectivity index (χ3n) is 3.72. The predicted molar refractivity (Wildman–Crippen MR) is 73.4 cm³/mol. The van der Waals surface area contributed by atoms with Gasteiger partial charge >= 0.3 is 0 Å². The van der Waals surface area contributed by atoms with Gasteiger partial charge in [-0.05, 0) is 62.5 Å². The summed E-state index contributed by atoms with van der Waals surface area (Å²) < 4.78 is 0. The van der Waals surface area contributed by atoms with Crippen LogP contribution in [0, 0.1) is 11.8 Å². The molecule has 0 aliphatic heterocycles. The maximum atomic E-state index is 10.9. The smallest absolute Gasteiger partial charge is 0.275 e. The van der Waals surface area contributed by atoms with E-state index >= 15 is 0 Å². The molecule has 2 fully saturated rings. The minimum Gasteiger partial charge on any atom is -0.353 e. The molecule has 17 heavy (non-hydrogen) atoms. The topological polar surface area (TPSA) is 32.3 Å². The molecule has 0 heterocycles. The molecule has 0 aromatic carbocycles. The van der Waals surface area contributed by atoms with Crippen molar-refractivity contribution in [3.05, 3.63) is 0 Å². The fourth-order valence-electron chi connectivity index (χ4n) is 2.37. The molecule has 6 heteroatoms. The Morgan fingerprint density at radius 2 is 2.06 bits per heavy atom. The van der Waals surface area contributed by atoms with E-state index in [4.69, 9.17) is 15.8 Å². The summed E-state index contributed by atoms with van der Waals surface area (Å²) in [5, 5.41) is 2.32. The van der Waals surface area contributed by atoms with Crippen molar-refractivity contribution in [2.24, 2.45) is 11.8 Å². The molecule has 90 valence electrons. The van der Waals surface area contributed by atoms with Crippen molar-refractivity contribution < 1.29 is 4.79 Å². The molecule has 2 aliphatic rings. The van der Waals surface area contributed by atoms with E-state index in [0.29, 0.717) is 17.9 Å². The van der Waals surface area contributed by atoms with Gasteiger partial charge < -0.3 is 10.1 Å². The quantitative estimate of drug-likeness (QED) is 0.522.